The summed E-state index contributed by atoms with van der Waals surface area (Å²) < 4.78 is 58.0. The highest BCUT2D eigenvalue weighted by Crippen LogP contribution is 2.59. The second-order valence-corrected chi connectivity index (χ2v) is 11.5. The Bertz CT molecular complexity index is 1240. The molecular weight excluding hydrogens is 501 g/mol. The minimum atomic E-state index is -4.51. The van der Waals surface area contributed by atoms with Crippen molar-refractivity contribution >= 4 is 5.97 Å². The SMILES string of the molecule is CC(=O)O[C@H]1c2nc(C(C)C)c3c(c2[C@@H](O)CC1(C)C)C1(CCOCC1)O[C@@H]3c1ccc(C(F)(F)F)cn1. The highest BCUT2D eigenvalue weighted by atomic mass is 19.4. The number of nitrogens with zero attached hydrogens (tertiary/aromatic N) is 2. The minimum Gasteiger partial charge on any atom is -0.455 e. The first-order valence-corrected chi connectivity index (χ1v) is 13.0. The summed E-state index contributed by atoms with van der Waals surface area (Å²) in [5, 5.41) is 11.5. The van der Waals surface area contributed by atoms with Crippen LogP contribution >= 0.6 is 0 Å². The number of ether oxygens (including phenoxy) is 3. The number of carbonyl (C=O) groups is 1. The van der Waals surface area contributed by atoms with Crippen molar-refractivity contribution in [3.63, 3.8) is 0 Å². The number of halogens is 3. The Morgan fingerprint density at radius 3 is 2.42 bits per heavy atom. The molecule has 1 spiro atoms. The van der Waals surface area contributed by atoms with Crippen LogP contribution in [0.1, 0.15) is 117 Å². The van der Waals surface area contributed by atoms with Crippen LogP contribution in [0, 0.1) is 5.41 Å². The van der Waals surface area contributed by atoms with Crippen molar-refractivity contribution in [1.29, 1.82) is 0 Å². The second kappa shape index (κ2) is 9.27. The standard InChI is InChI=1S/C28H33F3N2O5/c1-14(2)22-20-21(19-18(35)12-26(4,5)25(23(19)33-22)37-15(3)34)27(8-10-36-11-9-27)38-24(20)17-7-6-16(13-32-17)28(29,30)31/h6-7,13-14,18,24-25,35H,8-12H2,1-5H3/t18-,24+,25-/m0/s1. The summed E-state index contributed by atoms with van der Waals surface area (Å²) in [7, 11) is 0. The van der Waals surface area contributed by atoms with E-state index in [1.165, 1.54) is 13.0 Å². The lowest BCUT2D eigenvalue weighted by molar-refractivity contribution is -0.157. The minimum absolute atomic E-state index is 0.0928. The molecule has 1 N–H and O–H groups in total. The van der Waals surface area contributed by atoms with E-state index >= 15 is 0 Å². The quantitative estimate of drug-likeness (QED) is 0.497. The number of rotatable bonds is 3. The van der Waals surface area contributed by atoms with Crippen LogP contribution in [-0.4, -0.2) is 34.3 Å². The van der Waals surface area contributed by atoms with E-state index in [4.69, 9.17) is 19.2 Å². The van der Waals surface area contributed by atoms with E-state index in [9.17, 15) is 23.1 Å². The number of hydrogen-bond acceptors (Lipinski definition) is 7. The molecule has 3 atom stereocenters. The van der Waals surface area contributed by atoms with Crippen LogP contribution in [0.25, 0.3) is 0 Å². The molecule has 206 valence electrons. The highest BCUT2D eigenvalue weighted by molar-refractivity contribution is 5.67. The van der Waals surface area contributed by atoms with E-state index in [-0.39, 0.29) is 5.92 Å². The predicted octanol–water partition coefficient (Wildman–Crippen LogP) is 5.81. The van der Waals surface area contributed by atoms with E-state index in [2.05, 4.69) is 4.98 Å². The Hall–Kier alpha value is -2.56. The molecule has 4 heterocycles. The summed E-state index contributed by atoms with van der Waals surface area (Å²) in [6, 6.07) is 2.36. The number of alkyl halides is 3. The number of fused-ring (bicyclic) bond motifs is 4. The van der Waals surface area contributed by atoms with Crippen molar-refractivity contribution in [3.05, 3.63) is 57.7 Å². The van der Waals surface area contributed by atoms with E-state index in [0.717, 1.165) is 23.4 Å². The number of aliphatic hydroxyl groups excluding tert-OH is 1. The number of carbonyl (C=O) groups excluding carboxylic acids is 1. The number of esters is 1. The molecule has 2 aromatic rings. The fourth-order valence-corrected chi connectivity index (χ4v) is 6.19. The van der Waals surface area contributed by atoms with Crippen molar-refractivity contribution in [2.75, 3.05) is 13.2 Å². The van der Waals surface area contributed by atoms with Gasteiger partial charge in [-0.1, -0.05) is 27.7 Å². The molecule has 2 aliphatic heterocycles. The fraction of sp³-hybridized carbons (Fsp3) is 0.607. The molecule has 2 aromatic heterocycles. The zero-order valence-electron chi connectivity index (χ0n) is 22.2. The maximum Gasteiger partial charge on any atom is 0.417 e. The first kappa shape index (κ1) is 27.0. The molecule has 5 rings (SSSR count). The molecule has 1 aliphatic carbocycles. The molecule has 0 saturated carbocycles. The summed E-state index contributed by atoms with van der Waals surface area (Å²) in [4.78, 5) is 21.3. The smallest absolute Gasteiger partial charge is 0.417 e. The fourth-order valence-electron chi connectivity index (χ4n) is 6.19. The number of aliphatic hydroxyl groups is 1. The van der Waals surface area contributed by atoms with Crippen LogP contribution in [0.15, 0.2) is 18.3 Å². The van der Waals surface area contributed by atoms with Crippen molar-refractivity contribution < 1.29 is 37.3 Å². The van der Waals surface area contributed by atoms with Crippen LogP contribution in [0.4, 0.5) is 13.2 Å². The third-order valence-electron chi connectivity index (χ3n) is 7.92. The van der Waals surface area contributed by atoms with Crippen LogP contribution in [-0.2, 0) is 30.8 Å². The van der Waals surface area contributed by atoms with Gasteiger partial charge in [-0.05, 0) is 30.0 Å². The van der Waals surface area contributed by atoms with Gasteiger partial charge < -0.3 is 19.3 Å². The Kier molecular flexibility index (Phi) is 6.60. The van der Waals surface area contributed by atoms with Crippen molar-refractivity contribution in [1.82, 2.24) is 9.97 Å². The number of hydrogen-bond donors (Lipinski definition) is 1. The molecule has 0 unspecified atom stereocenters. The van der Waals surface area contributed by atoms with Gasteiger partial charge in [0.15, 0.2) is 0 Å². The van der Waals surface area contributed by atoms with Crippen LogP contribution in [0.3, 0.4) is 0 Å². The third-order valence-corrected chi connectivity index (χ3v) is 7.92. The van der Waals surface area contributed by atoms with Crippen LogP contribution < -0.4 is 0 Å². The van der Waals surface area contributed by atoms with Gasteiger partial charge in [-0.2, -0.15) is 13.2 Å². The lowest BCUT2D eigenvalue weighted by Gasteiger charge is -2.43. The lowest BCUT2D eigenvalue weighted by atomic mass is 9.68. The monoisotopic (exact) mass is 534 g/mol. The Morgan fingerprint density at radius 1 is 1.18 bits per heavy atom. The molecule has 10 heteroatoms. The zero-order valence-corrected chi connectivity index (χ0v) is 22.2. The second-order valence-electron chi connectivity index (χ2n) is 11.5. The Balaban J connectivity index is 1.78. The maximum atomic E-state index is 13.3. The first-order chi connectivity index (χ1) is 17.7. The molecule has 1 saturated heterocycles. The van der Waals surface area contributed by atoms with Gasteiger partial charge in [0.25, 0.3) is 0 Å². The van der Waals surface area contributed by atoms with E-state index in [1.807, 2.05) is 27.7 Å². The number of pyridine rings is 2. The van der Waals surface area contributed by atoms with E-state index < -0.39 is 47.0 Å². The molecule has 7 nitrogen and oxygen atoms in total. The predicted molar refractivity (Wildman–Crippen MR) is 130 cm³/mol. The van der Waals surface area contributed by atoms with Crippen LogP contribution in [0.5, 0.6) is 0 Å². The average molecular weight is 535 g/mol. The molecule has 0 aromatic carbocycles. The summed E-state index contributed by atoms with van der Waals surface area (Å²) in [6.45, 7) is 10.0. The summed E-state index contributed by atoms with van der Waals surface area (Å²) in [5.74, 6) is -0.535. The number of aromatic nitrogens is 2. The molecule has 38 heavy (non-hydrogen) atoms. The Morgan fingerprint density at radius 2 is 1.87 bits per heavy atom. The van der Waals surface area contributed by atoms with Crippen molar-refractivity contribution in [3.8, 4) is 0 Å². The van der Waals surface area contributed by atoms with Gasteiger partial charge >= 0.3 is 12.1 Å². The maximum absolute atomic E-state index is 13.3. The largest absolute Gasteiger partial charge is 0.455 e. The molecule has 0 amide bonds. The first-order valence-electron chi connectivity index (χ1n) is 13.0. The van der Waals surface area contributed by atoms with Gasteiger partial charge in [-0.15, -0.1) is 0 Å². The van der Waals surface area contributed by atoms with Gasteiger partial charge in [-0.3, -0.25) is 14.8 Å². The molecular formula is C28H33F3N2O5. The zero-order chi connectivity index (χ0) is 27.6. The van der Waals surface area contributed by atoms with E-state index in [1.54, 1.807) is 0 Å². The molecule has 0 bridgehead atoms. The van der Waals surface area contributed by atoms with Crippen molar-refractivity contribution in [2.24, 2.45) is 5.41 Å². The van der Waals surface area contributed by atoms with Gasteiger partial charge in [0, 0.05) is 61.4 Å². The topological polar surface area (TPSA) is 90.8 Å². The van der Waals surface area contributed by atoms with Gasteiger partial charge in [0.05, 0.1) is 28.7 Å². The summed E-state index contributed by atoms with van der Waals surface area (Å²) >= 11 is 0. The Labute approximate surface area is 219 Å². The summed E-state index contributed by atoms with van der Waals surface area (Å²) in [6.07, 6.45) is -4.69. The average Bonchev–Trinajstić information content (AvgIpc) is 3.14. The van der Waals surface area contributed by atoms with Gasteiger partial charge in [0.1, 0.15) is 12.2 Å². The van der Waals surface area contributed by atoms with Crippen LogP contribution in [0.2, 0.25) is 0 Å². The molecule has 3 aliphatic rings. The van der Waals surface area contributed by atoms with Gasteiger partial charge in [0.2, 0.25) is 0 Å². The normalized spacial score (nSPS) is 25.8. The molecule has 0 radical (unpaired) electrons. The lowest BCUT2D eigenvalue weighted by Crippen LogP contribution is -2.39. The van der Waals surface area contributed by atoms with Gasteiger partial charge in [-0.25, -0.2) is 0 Å². The molecule has 1 fully saturated rings. The summed E-state index contributed by atoms with van der Waals surface area (Å²) in [5.41, 5.74) is 1.40. The highest BCUT2D eigenvalue weighted by Gasteiger charge is 2.54. The van der Waals surface area contributed by atoms with E-state index in [0.29, 0.717) is 55.1 Å². The third kappa shape index (κ3) is 4.40. The van der Waals surface area contributed by atoms with Crippen molar-refractivity contribution in [2.45, 2.75) is 89.9 Å².